The minimum atomic E-state index is -0.388. The summed E-state index contributed by atoms with van der Waals surface area (Å²) in [5.41, 5.74) is 0. The lowest BCUT2D eigenvalue weighted by Gasteiger charge is -2.38. The summed E-state index contributed by atoms with van der Waals surface area (Å²) >= 11 is 0. The molecule has 27 heavy (non-hydrogen) atoms. The summed E-state index contributed by atoms with van der Waals surface area (Å²) in [4.78, 5) is 7.57. The first-order valence-corrected chi connectivity index (χ1v) is 10.9. The minimum absolute atomic E-state index is 0.0359. The van der Waals surface area contributed by atoms with Crippen molar-refractivity contribution < 1.29 is 14.6 Å². The van der Waals surface area contributed by atoms with E-state index in [-0.39, 0.29) is 12.2 Å². The molecule has 0 radical (unpaired) electrons. The molecule has 0 aromatic heterocycles. The van der Waals surface area contributed by atoms with E-state index in [1.165, 1.54) is 12.8 Å². The molecule has 0 aromatic rings. The fourth-order valence-electron chi connectivity index (χ4n) is 4.78. The van der Waals surface area contributed by atoms with Crippen molar-refractivity contribution in [2.75, 3.05) is 53.0 Å². The van der Waals surface area contributed by atoms with Gasteiger partial charge in [0.1, 0.15) is 0 Å². The molecule has 2 saturated heterocycles. The van der Waals surface area contributed by atoms with E-state index in [1.807, 2.05) is 6.92 Å². The summed E-state index contributed by atoms with van der Waals surface area (Å²) in [6, 6.07) is 1.87. The van der Waals surface area contributed by atoms with Crippen LogP contribution in [-0.2, 0) is 9.47 Å². The molecular weight excluding hydrogens is 342 g/mol. The smallest absolute Gasteiger partial charge is 0.0958 e. The van der Waals surface area contributed by atoms with Crippen molar-refractivity contribution in [1.82, 2.24) is 14.7 Å². The highest BCUT2D eigenvalue weighted by molar-refractivity contribution is 4.97. The number of morpholine rings is 2. The molecule has 0 bridgehead atoms. The van der Waals surface area contributed by atoms with Crippen LogP contribution in [-0.4, -0.2) is 109 Å². The van der Waals surface area contributed by atoms with Gasteiger partial charge in [0.2, 0.25) is 0 Å². The highest BCUT2D eigenvalue weighted by Gasteiger charge is 2.42. The molecule has 6 nitrogen and oxygen atoms in total. The third-order valence-corrected chi connectivity index (χ3v) is 6.77. The van der Waals surface area contributed by atoms with Gasteiger partial charge in [-0.15, -0.1) is 0 Å². The lowest BCUT2D eigenvalue weighted by atomic mass is 10.1. The van der Waals surface area contributed by atoms with E-state index in [4.69, 9.17) is 9.47 Å². The van der Waals surface area contributed by atoms with Crippen molar-refractivity contribution in [2.24, 2.45) is 5.92 Å². The largest absolute Gasteiger partial charge is 0.391 e. The van der Waals surface area contributed by atoms with E-state index >= 15 is 0 Å². The molecule has 0 amide bonds. The van der Waals surface area contributed by atoms with E-state index in [2.05, 4.69) is 42.5 Å². The van der Waals surface area contributed by atoms with Crippen LogP contribution in [0.5, 0.6) is 0 Å². The molecule has 3 aliphatic rings. The van der Waals surface area contributed by atoms with Crippen molar-refractivity contribution in [3.63, 3.8) is 0 Å². The number of hydrogen-bond donors (Lipinski definition) is 1. The van der Waals surface area contributed by atoms with Gasteiger partial charge in [-0.3, -0.25) is 9.80 Å². The van der Waals surface area contributed by atoms with Gasteiger partial charge >= 0.3 is 0 Å². The molecule has 6 atom stereocenters. The van der Waals surface area contributed by atoms with Crippen LogP contribution in [0.1, 0.15) is 40.5 Å². The molecule has 2 heterocycles. The number of likely N-dealkylation sites (N-methyl/N-ethyl adjacent to an activating group) is 1. The first-order chi connectivity index (χ1) is 12.8. The molecule has 0 spiro atoms. The van der Waals surface area contributed by atoms with E-state index in [0.29, 0.717) is 24.2 Å². The Morgan fingerprint density at radius 1 is 1.04 bits per heavy atom. The lowest BCUT2D eigenvalue weighted by Crippen LogP contribution is -2.50. The summed E-state index contributed by atoms with van der Waals surface area (Å²) in [5, 5.41) is 9.82. The third-order valence-electron chi connectivity index (χ3n) is 6.77. The molecule has 3 fully saturated rings. The standard InChI is InChI=1S/C21H41N3O3/c1-15(2)23-6-8-26-19(13-23)12-22(5)20-11-18(20)10-16(3)24-7-9-27-21(14-24)17(4)25/h15-21,25H,6-14H2,1-5H3/t16?,17-,18?,19+,20?,21+/m0/s1. The second kappa shape index (κ2) is 9.51. The summed E-state index contributed by atoms with van der Waals surface area (Å²) in [6.45, 7) is 15.3. The monoisotopic (exact) mass is 383 g/mol. The Balaban J connectivity index is 1.40. The zero-order valence-electron chi connectivity index (χ0n) is 18.0. The van der Waals surface area contributed by atoms with Crippen LogP contribution in [0, 0.1) is 5.92 Å². The Morgan fingerprint density at radius 3 is 2.44 bits per heavy atom. The average Bonchev–Trinajstić information content (AvgIpc) is 3.41. The van der Waals surface area contributed by atoms with Gasteiger partial charge < -0.3 is 19.5 Å². The minimum Gasteiger partial charge on any atom is -0.391 e. The van der Waals surface area contributed by atoms with Crippen molar-refractivity contribution >= 4 is 0 Å². The van der Waals surface area contributed by atoms with Crippen LogP contribution >= 0.6 is 0 Å². The number of ether oxygens (including phenoxy) is 2. The first-order valence-electron chi connectivity index (χ1n) is 10.9. The van der Waals surface area contributed by atoms with Crippen LogP contribution in [0.25, 0.3) is 0 Å². The van der Waals surface area contributed by atoms with Gasteiger partial charge in [0.15, 0.2) is 0 Å². The topological polar surface area (TPSA) is 48.4 Å². The predicted molar refractivity (Wildman–Crippen MR) is 108 cm³/mol. The Bertz CT molecular complexity index is 462. The fourth-order valence-corrected chi connectivity index (χ4v) is 4.78. The van der Waals surface area contributed by atoms with Crippen LogP contribution < -0.4 is 0 Å². The first kappa shape index (κ1) is 21.5. The van der Waals surface area contributed by atoms with Crippen molar-refractivity contribution in [3.05, 3.63) is 0 Å². The second-order valence-electron chi connectivity index (χ2n) is 9.31. The van der Waals surface area contributed by atoms with Gasteiger partial charge in [-0.25, -0.2) is 0 Å². The second-order valence-corrected chi connectivity index (χ2v) is 9.31. The lowest BCUT2D eigenvalue weighted by molar-refractivity contribution is -0.0916. The maximum atomic E-state index is 9.82. The van der Waals surface area contributed by atoms with E-state index < -0.39 is 0 Å². The Hall–Kier alpha value is -0.240. The third kappa shape index (κ3) is 5.87. The fraction of sp³-hybridized carbons (Fsp3) is 1.00. The molecule has 3 unspecified atom stereocenters. The van der Waals surface area contributed by atoms with Crippen molar-refractivity contribution in [2.45, 2.75) is 77.0 Å². The van der Waals surface area contributed by atoms with E-state index in [0.717, 1.165) is 51.9 Å². The van der Waals surface area contributed by atoms with Crippen molar-refractivity contribution in [1.29, 1.82) is 0 Å². The molecule has 1 N–H and O–H groups in total. The zero-order chi connectivity index (χ0) is 19.6. The molecule has 1 aliphatic carbocycles. The highest BCUT2D eigenvalue weighted by atomic mass is 16.5. The Morgan fingerprint density at radius 2 is 1.74 bits per heavy atom. The van der Waals surface area contributed by atoms with Gasteiger partial charge in [-0.1, -0.05) is 0 Å². The molecule has 2 aliphatic heterocycles. The highest BCUT2D eigenvalue weighted by Crippen LogP contribution is 2.39. The maximum Gasteiger partial charge on any atom is 0.0958 e. The van der Waals surface area contributed by atoms with Gasteiger partial charge in [0.25, 0.3) is 0 Å². The molecule has 6 heteroatoms. The molecule has 0 aromatic carbocycles. The average molecular weight is 384 g/mol. The molecule has 158 valence electrons. The number of aliphatic hydroxyl groups excluding tert-OH is 1. The maximum absolute atomic E-state index is 9.82. The van der Waals surface area contributed by atoms with E-state index in [9.17, 15) is 5.11 Å². The number of aliphatic hydroxyl groups is 1. The quantitative estimate of drug-likeness (QED) is 0.681. The van der Waals surface area contributed by atoms with Gasteiger partial charge in [0.05, 0.1) is 31.5 Å². The SMILES string of the molecule is CC(C)N1CCO[C@H](CN(C)C2CC2CC(C)N2CCO[C@@H]([C@H](C)O)C2)C1. The van der Waals surface area contributed by atoms with Gasteiger partial charge in [-0.05, 0) is 53.5 Å². The van der Waals surface area contributed by atoms with Gasteiger partial charge in [0, 0.05) is 50.8 Å². The number of hydrogen-bond acceptors (Lipinski definition) is 6. The molecule has 3 rings (SSSR count). The Labute approximate surface area is 165 Å². The Kier molecular flexibility index (Phi) is 7.56. The summed E-state index contributed by atoms with van der Waals surface area (Å²) in [7, 11) is 2.27. The number of nitrogens with zero attached hydrogens (tertiary/aromatic N) is 3. The molecule has 1 saturated carbocycles. The van der Waals surface area contributed by atoms with Crippen LogP contribution in [0.4, 0.5) is 0 Å². The molecular formula is C21H41N3O3. The summed E-state index contributed by atoms with van der Waals surface area (Å²) < 4.78 is 11.7. The van der Waals surface area contributed by atoms with Gasteiger partial charge in [-0.2, -0.15) is 0 Å². The van der Waals surface area contributed by atoms with Crippen LogP contribution in [0.15, 0.2) is 0 Å². The summed E-state index contributed by atoms with van der Waals surface area (Å²) in [5.74, 6) is 0.794. The van der Waals surface area contributed by atoms with Crippen LogP contribution in [0.3, 0.4) is 0 Å². The summed E-state index contributed by atoms with van der Waals surface area (Å²) in [6.07, 6.45) is 2.47. The zero-order valence-corrected chi connectivity index (χ0v) is 18.0. The number of rotatable bonds is 8. The van der Waals surface area contributed by atoms with Crippen molar-refractivity contribution in [3.8, 4) is 0 Å². The van der Waals surface area contributed by atoms with Crippen LogP contribution in [0.2, 0.25) is 0 Å². The predicted octanol–water partition coefficient (Wildman–Crippen LogP) is 1.28. The van der Waals surface area contributed by atoms with E-state index in [1.54, 1.807) is 0 Å². The normalized spacial score (nSPS) is 35.6.